The lowest BCUT2D eigenvalue weighted by Gasteiger charge is -2.16. The first kappa shape index (κ1) is 18.4. The van der Waals surface area contributed by atoms with E-state index in [0.717, 1.165) is 0 Å². The zero-order valence-corrected chi connectivity index (χ0v) is 15.4. The highest BCUT2D eigenvalue weighted by Crippen LogP contribution is 2.37. The van der Waals surface area contributed by atoms with Crippen molar-refractivity contribution in [1.29, 1.82) is 0 Å². The van der Waals surface area contributed by atoms with Gasteiger partial charge in [0.15, 0.2) is 0 Å². The van der Waals surface area contributed by atoms with E-state index in [4.69, 9.17) is 11.6 Å². The minimum Gasteiger partial charge on any atom is -0.363 e. The second-order valence-electron chi connectivity index (χ2n) is 6.52. The summed E-state index contributed by atoms with van der Waals surface area (Å²) in [7, 11) is 0. The summed E-state index contributed by atoms with van der Waals surface area (Å²) in [4.78, 5) is 17.0. The van der Waals surface area contributed by atoms with Crippen molar-refractivity contribution in [2.75, 3.05) is 10.6 Å². The van der Waals surface area contributed by atoms with Crippen molar-refractivity contribution in [2.24, 2.45) is 0 Å². The summed E-state index contributed by atoms with van der Waals surface area (Å²) >= 11 is 5.76. The summed E-state index contributed by atoms with van der Waals surface area (Å²) in [6.07, 6.45) is 2.87. The predicted octanol–water partition coefficient (Wildman–Crippen LogP) is 5.36. The molecule has 142 valence electrons. The van der Waals surface area contributed by atoms with Gasteiger partial charge in [0, 0.05) is 23.0 Å². The van der Waals surface area contributed by atoms with Crippen LogP contribution in [0.15, 0.2) is 54.7 Å². The normalized spacial score (nSPS) is 15.2. The Labute approximate surface area is 165 Å². The molecule has 0 spiro atoms. The molecule has 1 aromatic heterocycles. The number of pyridine rings is 1. The van der Waals surface area contributed by atoms with Crippen LogP contribution in [0.25, 0.3) is 0 Å². The molecule has 28 heavy (non-hydrogen) atoms. The van der Waals surface area contributed by atoms with Crippen molar-refractivity contribution in [3.8, 4) is 0 Å². The molecular formula is C21H16ClF2N3O. The van der Waals surface area contributed by atoms with E-state index in [1.54, 1.807) is 12.3 Å². The number of nitrogens with one attached hydrogen (secondary N) is 2. The Morgan fingerprint density at radius 2 is 1.93 bits per heavy atom. The molecule has 0 aliphatic heterocycles. The fourth-order valence-corrected chi connectivity index (χ4v) is 3.65. The first-order valence-corrected chi connectivity index (χ1v) is 9.16. The molecule has 2 N–H and O–H groups in total. The topological polar surface area (TPSA) is 54.0 Å². The Morgan fingerprint density at radius 1 is 1.11 bits per heavy atom. The molecule has 1 atom stereocenters. The number of rotatable bonds is 4. The Balaban J connectivity index is 1.61. The van der Waals surface area contributed by atoms with Gasteiger partial charge in [-0.25, -0.2) is 13.8 Å². The number of carbonyl (C=O) groups is 1. The van der Waals surface area contributed by atoms with Crippen molar-refractivity contribution in [3.63, 3.8) is 0 Å². The SMILES string of the molecule is O=C(Nc1ccc(F)c(Cl)c1)c1ccc(F)c2c1CC[C@@H]2Nc1ccccn1. The van der Waals surface area contributed by atoms with Crippen LogP contribution in [0.4, 0.5) is 20.3 Å². The molecule has 0 fully saturated rings. The smallest absolute Gasteiger partial charge is 0.255 e. The van der Waals surface area contributed by atoms with E-state index in [1.165, 1.54) is 30.3 Å². The van der Waals surface area contributed by atoms with Crippen molar-refractivity contribution in [2.45, 2.75) is 18.9 Å². The third kappa shape index (κ3) is 3.55. The van der Waals surface area contributed by atoms with Gasteiger partial charge in [-0.3, -0.25) is 4.79 Å². The molecule has 1 amide bonds. The molecule has 0 radical (unpaired) electrons. The molecule has 1 heterocycles. The van der Waals surface area contributed by atoms with Crippen molar-refractivity contribution in [1.82, 2.24) is 4.98 Å². The summed E-state index contributed by atoms with van der Waals surface area (Å²) < 4.78 is 27.9. The molecule has 4 nitrogen and oxygen atoms in total. The third-order valence-electron chi connectivity index (χ3n) is 4.74. The number of halogens is 3. The van der Waals surface area contributed by atoms with Gasteiger partial charge in [-0.05, 0) is 60.9 Å². The van der Waals surface area contributed by atoms with Gasteiger partial charge >= 0.3 is 0 Å². The van der Waals surface area contributed by atoms with Crippen molar-refractivity contribution in [3.05, 3.63) is 88.1 Å². The van der Waals surface area contributed by atoms with Crippen molar-refractivity contribution < 1.29 is 13.6 Å². The molecule has 0 unspecified atom stereocenters. The van der Waals surface area contributed by atoms with Crippen LogP contribution in [-0.4, -0.2) is 10.9 Å². The molecule has 7 heteroatoms. The zero-order valence-electron chi connectivity index (χ0n) is 14.7. The van der Waals surface area contributed by atoms with E-state index in [2.05, 4.69) is 15.6 Å². The number of carbonyl (C=O) groups excluding carboxylic acids is 1. The number of nitrogens with zero attached hydrogens (tertiary/aromatic N) is 1. The molecule has 2 aromatic carbocycles. The average molecular weight is 400 g/mol. The van der Waals surface area contributed by atoms with Gasteiger partial charge in [-0.2, -0.15) is 0 Å². The maximum Gasteiger partial charge on any atom is 0.255 e. The van der Waals surface area contributed by atoms with E-state index in [0.29, 0.717) is 41.0 Å². The standard InChI is InChI=1S/C21H16ClF2N3O/c22-15-11-12(4-7-16(15)23)26-21(28)14-5-8-17(24)20-13(14)6-9-18(20)27-19-3-1-2-10-25-19/h1-5,7-8,10-11,18H,6,9H2,(H,25,27)(H,26,28)/t18-/m0/s1. The first-order valence-electron chi connectivity index (χ1n) is 8.78. The molecule has 3 aromatic rings. The summed E-state index contributed by atoms with van der Waals surface area (Å²) in [6.45, 7) is 0. The van der Waals surface area contributed by atoms with Gasteiger partial charge < -0.3 is 10.6 Å². The number of amides is 1. The minimum atomic E-state index is -0.564. The monoisotopic (exact) mass is 399 g/mol. The largest absolute Gasteiger partial charge is 0.363 e. The van der Waals surface area contributed by atoms with Gasteiger partial charge in [0.05, 0.1) is 11.1 Å². The van der Waals surface area contributed by atoms with Crippen molar-refractivity contribution >= 4 is 29.0 Å². The van der Waals surface area contributed by atoms with Gasteiger partial charge in [0.1, 0.15) is 17.5 Å². The number of hydrogen-bond donors (Lipinski definition) is 2. The number of fused-ring (bicyclic) bond motifs is 1. The van der Waals surface area contributed by atoms with E-state index in [1.807, 2.05) is 12.1 Å². The van der Waals surface area contributed by atoms with Crippen LogP contribution in [0.5, 0.6) is 0 Å². The number of aromatic nitrogens is 1. The minimum absolute atomic E-state index is 0.0817. The number of anilines is 2. The Morgan fingerprint density at radius 3 is 2.68 bits per heavy atom. The second kappa shape index (κ2) is 7.56. The Bertz CT molecular complexity index is 1040. The van der Waals surface area contributed by atoms with Gasteiger partial charge in [-0.1, -0.05) is 17.7 Å². The lowest BCUT2D eigenvalue weighted by Crippen LogP contribution is -2.16. The van der Waals surface area contributed by atoms with E-state index < -0.39 is 11.7 Å². The van der Waals surface area contributed by atoms with Crippen LogP contribution >= 0.6 is 11.6 Å². The lowest BCUT2D eigenvalue weighted by molar-refractivity contribution is 0.102. The van der Waals surface area contributed by atoms with Crippen LogP contribution < -0.4 is 10.6 Å². The van der Waals surface area contributed by atoms with E-state index in [-0.39, 0.29) is 16.9 Å². The number of benzene rings is 2. The van der Waals surface area contributed by atoms with Crippen LogP contribution in [0.1, 0.15) is 33.9 Å². The maximum atomic E-state index is 14.6. The molecular weight excluding hydrogens is 384 g/mol. The van der Waals surface area contributed by atoms with E-state index in [9.17, 15) is 13.6 Å². The van der Waals surface area contributed by atoms with E-state index >= 15 is 0 Å². The summed E-state index contributed by atoms with van der Waals surface area (Å²) in [5.41, 5.74) is 1.91. The first-order chi connectivity index (χ1) is 13.5. The fraction of sp³-hybridized carbons (Fsp3) is 0.143. The quantitative estimate of drug-likeness (QED) is 0.620. The molecule has 1 aliphatic carbocycles. The Hall–Kier alpha value is -2.99. The van der Waals surface area contributed by atoms with Crippen LogP contribution in [0.2, 0.25) is 5.02 Å². The van der Waals surface area contributed by atoms with Gasteiger partial charge in [0.25, 0.3) is 5.91 Å². The van der Waals surface area contributed by atoms with Crippen LogP contribution in [0, 0.1) is 11.6 Å². The number of hydrogen-bond acceptors (Lipinski definition) is 3. The highest BCUT2D eigenvalue weighted by molar-refractivity contribution is 6.31. The Kier molecular flexibility index (Phi) is 4.96. The molecule has 4 rings (SSSR count). The summed E-state index contributed by atoms with van der Waals surface area (Å²) in [5, 5.41) is 5.84. The van der Waals surface area contributed by atoms with Crippen LogP contribution in [-0.2, 0) is 6.42 Å². The third-order valence-corrected chi connectivity index (χ3v) is 5.03. The lowest BCUT2D eigenvalue weighted by atomic mass is 10.0. The fourth-order valence-electron chi connectivity index (χ4n) is 3.47. The highest BCUT2D eigenvalue weighted by Gasteiger charge is 2.30. The predicted molar refractivity (Wildman–Crippen MR) is 105 cm³/mol. The maximum absolute atomic E-state index is 14.6. The van der Waals surface area contributed by atoms with Gasteiger partial charge in [0.2, 0.25) is 0 Å². The molecule has 0 saturated carbocycles. The highest BCUT2D eigenvalue weighted by atomic mass is 35.5. The molecule has 0 bridgehead atoms. The zero-order chi connectivity index (χ0) is 19.7. The summed E-state index contributed by atoms with van der Waals surface area (Å²) in [6, 6.07) is 11.9. The average Bonchev–Trinajstić information content (AvgIpc) is 3.10. The molecule has 1 aliphatic rings. The van der Waals surface area contributed by atoms with Gasteiger partial charge in [-0.15, -0.1) is 0 Å². The van der Waals surface area contributed by atoms with Crippen LogP contribution in [0.3, 0.4) is 0 Å². The summed E-state index contributed by atoms with van der Waals surface area (Å²) in [5.74, 6) is -0.666. The second-order valence-corrected chi connectivity index (χ2v) is 6.93. The molecule has 0 saturated heterocycles.